The van der Waals surface area contributed by atoms with Crippen molar-refractivity contribution in [2.24, 2.45) is 0 Å². The molecular weight excluding hydrogens is 372 g/mol. The number of halogens is 1. The Morgan fingerprint density at radius 2 is 1.59 bits per heavy atom. The summed E-state index contributed by atoms with van der Waals surface area (Å²) in [5.74, 6) is -2.68. The maximum atomic E-state index is 9.10. The van der Waals surface area contributed by atoms with Crippen LogP contribution in [0.15, 0.2) is 12.1 Å². The van der Waals surface area contributed by atoms with Gasteiger partial charge >= 0.3 is 11.9 Å². The van der Waals surface area contributed by atoms with E-state index in [1.54, 1.807) is 0 Å². The topological polar surface area (TPSA) is 90.3 Å². The molecular formula is C19H29ClN2O5. The van der Waals surface area contributed by atoms with Gasteiger partial charge in [-0.25, -0.2) is 9.59 Å². The number of aryl methyl sites for hydroxylation is 2. The molecule has 1 fully saturated rings. The molecule has 2 rings (SSSR count). The second-order valence-electron chi connectivity index (χ2n) is 6.46. The third kappa shape index (κ3) is 8.60. The normalized spacial score (nSPS) is 15.0. The van der Waals surface area contributed by atoms with Gasteiger partial charge in [-0.15, -0.1) is 0 Å². The molecule has 0 unspecified atom stereocenters. The molecule has 1 aromatic carbocycles. The van der Waals surface area contributed by atoms with Crippen LogP contribution in [0.1, 0.15) is 24.5 Å². The van der Waals surface area contributed by atoms with Crippen molar-refractivity contribution in [2.75, 3.05) is 45.9 Å². The lowest BCUT2D eigenvalue weighted by Crippen LogP contribution is -2.46. The van der Waals surface area contributed by atoms with Gasteiger partial charge in [0.05, 0.1) is 6.61 Å². The molecule has 0 aromatic heterocycles. The van der Waals surface area contributed by atoms with Crippen molar-refractivity contribution in [1.29, 1.82) is 0 Å². The van der Waals surface area contributed by atoms with Crippen LogP contribution in [0.3, 0.4) is 0 Å². The third-order valence-electron chi connectivity index (χ3n) is 4.43. The highest BCUT2D eigenvalue weighted by Gasteiger charge is 2.14. The van der Waals surface area contributed by atoms with Gasteiger partial charge in [-0.2, -0.15) is 0 Å². The molecule has 1 heterocycles. The number of benzene rings is 1. The van der Waals surface area contributed by atoms with E-state index >= 15 is 0 Å². The number of nitrogens with zero attached hydrogens (tertiary/aromatic N) is 2. The molecule has 0 amide bonds. The van der Waals surface area contributed by atoms with Crippen molar-refractivity contribution in [2.45, 2.75) is 27.2 Å². The Balaban J connectivity index is 0.000000527. The van der Waals surface area contributed by atoms with Crippen LogP contribution in [0.5, 0.6) is 5.75 Å². The number of likely N-dealkylation sites (N-methyl/N-ethyl adjacent to an activating group) is 1. The van der Waals surface area contributed by atoms with Crippen LogP contribution in [0.2, 0.25) is 5.02 Å². The molecule has 1 aliphatic rings. The monoisotopic (exact) mass is 400 g/mol. The Morgan fingerprint density at radius 3 is 2.11 bits per heavy atom. The molecule has 27 heavy (non-hydrogen) atoms. The van der Waals surface area contributed by atoms with Gasteiger partial charge in [0.2, 0.25) is 0 Å². The maximum Gasteiger partial charge on any atom is 0.414 e. The van der Waals surface area contributed by atoms with Crippen molar-refractivity contribution >= 4 is 23.5 Å². The van der Waals surface area contributed by atoms with E-state index in [1.807, 2.05) is 26.0 Å². The summed E-state index contributed by atoms with van der Waals surface area (Å²) in [7, 11) is 0. The highest BCUT2D eigenvalue weighted by atomic mass is 35.5. The van der Waals surface area contributed by atoms with Gasteiger partial charge in [-0.3, -0.25) is 0 Å². The Bertz CT molecular complexity index is 619. The Hall–Kier alpha value is -1.83. The fourth-order valence-electron chi connectivity index (χ4n) is 2.71. The third-order valence-corrected chi connectivity index (χ3v) is 4.83. The van der Waals surface area contributed by atoms with Crippen LogP contribution >= 0.6 is 11.6 Å². The van der Waals surface area contributed by atoms with Crippen molar-refractivity contribution in [1.82, 2.24) is 9.80 Å². The Labute approximate surface area is 165 Å². The van der Waals surface area contributed by atoms with E-state index in [9.17, 15) is 0 Å². The lowest BCUT2D eigenvalue weighted by Gasteiger charge is -2.33. The summed E-state index contributed by atoms with van der Waals surface area (Å²) in [5.41, 5.74) is 2.19. The lowest BCUT2D eigenvalue weighted by molar-refractivity contribution is -0.159. The van der Waals surface area contributed by atoms with Gasteiger partial charge in [-0.1, -0.05) is 18.5 Å². The van der Waals surface area contributed by atoms with E-state index in [2.05, 4.69) is 16.7 Å². The summed E-state index contributed by atoms with van der Waals surface area (Å²) in [6.45, 7) is 14.1. The summed E-state index contributed by atoms with van der Waals surface area (Å²) in [4.78, 5) is 23.2. The first-order valence-corrected chi connectivity index (χ1v) is 9.42. The van der Waals surface area contributed by atoms with E-state index < -0.39 is 11.9 Å². The smallest absolute Gasteiger partial charge is 0.414 e. The zero-order valence-electron chi connectivity index (χ0n) is 16.2. The van der Waals surface area contributed by atoms with Crippen molar-refractivity contribution < 1.29 is 24.5 Å². The van der Waals surface area contributed by atoms with Gasteiger partial charge in [0.1, 0.15) is 5.75 Å². The molecule has 0 saturated carbocycles. The number of aliphatic carboxylic acids is 2. The number of rotatable bonds is 6. The second-order valence-corrected chi connectivity index (χ2v) is 6.86. The van der Waals surface area contributed by atoms with Gasteiger partial charge in [-0.05, 0) is 50.1 Å². The average molecular weight is 401 g/mol. The fraction of sp³-hybridized carbons (Fsp3) is 0.579. The van der Waals surface area contributed by atoms with Crippen LogP contribution in [-0.4, -0.2) is 77.8 Å². The number of piperazine rings is 1. The summed E-state index contributed by atoms with van der Waals surface area (Å²) >= 11 is 6.11. The van der Waals surface area contributed by atoms with Gasteiger partial charge < -0.3 is 24.7 Å². The molecule has 0 bridgehead atoms. The first kappa shape index (κ1) is 23.2. The molecule has 0 spiro atoms. The highest BCUT2D eigenvalue weighted by molar-refractivity contribution is 6.31. The van der Waals surface area contributed by atoms with E-state index in [4.69, 9.17) is 36.1 Å². The Morgan fingerprint density at radius 1 is 1.04 bits per heavy atom. The SMILES string of the molecule is CCN1CCN(CCCOc2cc(C)c(Cl)cc2C)CC1.O=C(O)C(=O)O. The standard InChI is InChI=1S/C17H27ClN2O.C2H2O4/c1-4-19-7-9-20(10-8-19)6-5-11-21-17-13-14(2)16(18)12-15(17)3;3-1(4)2(5)6/h12-13H,4-11H2,1-3H3;(H,3,4)(H,5,6). The van der Waals surface area contributed by atoms with Crippen molar-refractivity contribution in [3.05, 3.63) is 28.3 Å². The summed E-state index contributed by atoms with van der Waals surface area (Å²) in [6.07, 6.45) is 1.08. The number of carboxylic acid groups (broad SMARTS) is 2. The fourth-order valence-corrected chi connectivity index (χ4v) is 2.93. The predicted molar refractivity (Wildman–Crippen MR) is 105 cm³/mol. The minimum absolute atomic E-state index is 0.774. The minimum atomic E-state index is -1.82. The molecule has 0 atom stereocenters. The number of carboxylic acids is 2. The molecule has 1 aromatic rings. The van der Waals surface area contributed by atoms with E-state index in [0.717, 1.165) is 41.5 Å². The highest BCUT2D eigenvalue weighted by Crippen LogP contribution is 2.26. The molecule has 7 nitrogen and oxygen atoms in total. The van der Waals surface area contributed by atoms with E-state index in [0.29, 0.717) is 0 Å². The van der Waals surface area contributed by atoms with Gasteiger partial charge in [0.15, 0.2) is 0 Å². The number of hydrogen-bond donors (Lipinski definition) is 2. The molecule has 0 radical (unpaired) electrons. The quantitative estimate of drug-likeness (QED) is 0.560. The van der Waals surface area contributed by atoms with Crippen LogP contribution < -0.4 is 4.74 Å². The van der Waals surface area contributed by atoms with E-state index in [-0.39, 0.29) is 0 Å². The largest absolute Gasteiger partial charge is 0.493 e. The predicted octanol–water partition coefficient (Wildman–Crippen LogP) is 2.52. The number of ether oxygens (including phenoxy) is 1. The molecule has 8 heteroatoms. The molecule has 1 saturated heterocycles. The first-order chi connectivity index (χ1) is 12.7. The second kappa shape index (κ2) is 11.8. The van der Waals surface area contributed by atoms with Crippen LogP contribution in [-0.2, 0) is 9.59 Å². The van der Waals surface area contributed by atoms with Crippen LogP contribution in [0.4, 0.5) is 0 Å². The zero-order chi connectivity index (χ0) is 20.4. The van der Waals surface area contributed by atoms with Crippen LogP contribution in [0, 0.1) is 13.8 Å². The van der Waals surface area contributed by atoms with Gasteiger partial charge in [0.25, 0.3) is 0 Å². The van der Waals surface area contributed by atoms with Crippen molar-refractivity contribution in [3.63, 3.8) is 0 Å². The summed E-state index contributed by atoms with van der Waals surface area (Å²) < 4.78 is 5.91. The first-order valence-electron chi connectivity index (χ1n) is 9.05. The van der Waals surface area contributed by atoms with Crippen molar-refractivity contribution in [3.8, 4) is 5.75 Å². The molecule has 1 aliphatic heterocycles. The number of carbonyl (C=O) groups is 2. The molecule has 2 N–H and O–H groups in total. The molecule has 152 valence electrons. The van der Waals surface area contributed by atoms with Gasteiger partial charge in [0, 0.05) is 37.7 Å². The number of hydrogen-bond acceptors (Lipinski definition) is 5. The zero-order valence-corrected chi connectivity index (χ0v) is 17.0. The summed E-state index contributed by atoms with van der Waals surface area (Å²) in [5, 5.41) is 15.6. The Kier molecular flexibility index (Phi) is 10.1. The summed E-state index contributed by atoms with van der Waals surface area (Å²) in [6, 6.07) is 4.02. The lowest BCUT2D eigenvalue weighted by atomic mass is 10.1. The van der Waals surface area contributed by atoms with Crippen LogP contribution in [0.25, 0.3) is 0 Å². The minimum Gasteiger partial charge on any atom is -0.493 e. The molecule has 0 aliphatic carbocycles. The van der Waals surface area contributed by atoms with E-state index in [1.165, 1.54) is 32.7 Å². The average Bonchev–Trinajstić information content (AvgIpc) is 2.63. The maximum absolute atomic E-state index is 9.10.